The highest BCUT2D eigenvalue weighted by atomic mass is 16.4. The highest BCUT2D eigenvalue weighted by Gasteiger charge is 2.28. The van der Waals surface area contributed by atoms with E-state index in [1.807, 2.05) is 0 Å². The molecule has 0 heterocycles. The highest BCUT2D eigenvalue weighted by Crippen LogP contribution is 2.27. The maximum atomic E-state index is 10.7. The van der Waals surface area contributed by atoms with Crippen LogP contribution in [0.25, 0.3) is 0 Å². The van der Waals surface area contributed by atoms with Gasteiger partial charge in [-0.1, -0.05) is 76.2 Å². The minimum atomic E-state index is -1.42. The second-order valence-corrected chi connectivity index (χ2v) is 8.57. The minimum Gasteiger partial charge on any atom is -0.478 e. The van der Waals surface area contributed by atoms with Crippen LogP contribution in [0.1, 0.15) is 67.7 Å². The van der Waals surface area contributed by atoms with Gasteiger partial charge < -0.3 is 20.4 Å². The van der Waals surface area contributed by atoms with Crippen molar-refractivity contribution in [3.05, 3.63) is 71.8 Å². The van der Waals surface area contributed by atoms with Crippen molar-refractivity contribution in [1.29, 1.82) is 0 Å². The first-order valence-corrected chi connectivity index (χ1v) is 10.9. The van der Waals surface area contributed by atoms with Gasteiger partial charge in [-0.15, -0.1) is 0 Å². The fourth-order valence-electron chi connectivity index (χ4n) is 3.31. The van der Waals surface area contributed by atoms with Crippen LogP contribution in [0.5, 0.6) is 0 Å². The van der Waals surface area contributed by atoms with Crippen molar-refractivity contribution in [3.8, 4) is 0 Å². The van der Waals surface area contributed by atoms with Crippen LogP contribution < -0.4 is 0 Å². The van der Waals surface area contributed by atoms with Gasteiger partial charge in [0.15, 0.2) is 0 Å². The smallest absolute Gasteiger partial charge is 0.377 e. The standard InChI is InChI=1S/C11H24O2.C8H6O3.C7H6O2/c1-9(2)7-11(13,5-6-12)8-10(3)4;9-7(8(10)11)6-4-2-1-3-5-6;8-7(9)6-4-2-1-3-5-6/h9-10,12-13H,5-8H2,1-4H3;1-5H,(H,10,11);1-5H,(H,8,9). The van der Waals surface area contributed by atoms with Gasteiger partial charge in [0.1, 0.15) is 0 Å². The Morgan fingerprint density at radius 3 is 1.42 bits per heavy atom. The lowest BCUT2D eigenvalue weighted by Gasteiger charge is -2.31. The van der Waals surface area contributed by atoms with E-state index >= 15 is 0 Å². The second kappa shape index (κ2) is 15.7. The highest BCUT2D eigenvalue weighted by molar-refractivity contribution is 6.39. The summed E-state index contributed by atoms with van der Waals surface area (Å²) >= 11 is 0. The third-order valence-electron chi connectivity index (χ3n) is 4.40. The van der Waals surface area contributed by atoms with Crippen LogP contribution in [0.3, 0.4) is 0 Å². The molecule has 0 saturated carbocycles. The van der Waals surface area contributed by atoms with Gasteiger partial charge in [0.25, 0.3) is 5.78 Å². The van der Waals surface area contributed by atoms with Crippen molar-refractivity contribution in [2.75, 3.05) is 6.61 Å². The summed E-state index contributed by atoms with van der Waals surface area (Å²) in [5, 5.41) is 35.7. The van der Waals surface area contributed by atoms with Crippen LogP contribution in [-0.4, -0.2) is 50.4 Å². The Kier molecular flexibility index (Phi) is 14.3. The molecular weight excluding hydrogens is 424 g/mol. The van der Waals surface area contributed by atoms with Gasteiger partial charge in [-0.25, -0.2) is 9.59 Å². The molecule has 0 spiro atoms. The lowest BCUT2D eigenvalue weighted by Crippen LogP contribution is -2.33. The molecule has 2 rings (SSSR count). The van der Waals surface area contributed by atoms with E-state index in [1.54, 1.807) is 48.5 Å². The van der Waals surface area contributed by atoms with E-state index in [4.69, 9.17) is 15.3 Å². The molecule has 7 nitrogen and oxygen atoms in total. The van der Waals surface area contributed by atoms with Crippen LogP contribution in [0.15, 0.2) is 60.7 Å². The average molecular weight is 461 g/mol. The topological polar surface area (TPSA) is 132 Å². The van der Waals surface area contributed by atoms with Crippen LogP contribution in [0, 0.1) is 11.8 Å². The van der Waals surface area contributed by atoms with E-state index in [1.165, 1.54) is 12.1 Å². The number of rotatable bonds is 9. The van der Waals surface area contributed by atoms with Crippen molar-refractivity contribution in [3.63, 3.8) is 0 Å². The Balaban J connectivity index is 0.000000472. The predicted octanol–water partition coefficient (Wildman–Crippen LogP) is 4.53. The Labute approximate surface area is 195 Å². The Bertz CT molecular complexity index is 820. The maximum Gasteiger partial charge on any atom is 0.377 e. The van der Waals surface area contributed by atoms with E-state index < -0.39 is 23.3 Å². The van der Waals surface area contributed by atoms with Gasteiger partial charge in [0.2, 0.25) is 0 Å². The average Bonchev–Trinajstić information content (AvgIpc) is 2.74. The van der Waals surface area contributed by atoms with E-state index in [0.717, 1.165) is 12.8 Å². The monoisotopic (exact) mass is 460 g/mol. The summed E-state index contributed by atoms with van der Waals surface area (Å²) in [5.41, 5.74) is -0.116. The van der Waals surface area contributed by atoms with Crippen molar-refractivity contribution in [2.45, 2.75) is 52.6 Å². The summed E-state index contributed by atoms with van der Waals surface area (Å²) in [6.07, 6.45) is 2.07. The second-order valence-electron chi connectivity index (χ2n) is 8.57. The molecule has 33 heavy (non-hydrogen) atoms. The number of Topliss-reactive ketones (excluding diaryl/α,β-unsaturated/α-hetero) is 1. The number of aliphatic hydroxyl groups excluding tert-OH is 1. The molecule has 0 aliphatic heterocycles. The molecule has 2 aromatic rings. The van der Waals surface area contributed by atoms with Crippen LogP contribution in [0.2, 0.25) is 0 Å². The number of hydrogen-bond donors (Lipinski definition) is 4. The first-order valence-electron chi connectivity index (χ1n) is 10.9. The van der Waals surface area contributed by atoms with Gasteiger partial charge in [-0.2, -0.15) is 0 Å². The summed E-state index contributed by atoms with van der Waals surface area (Å²) in [5.74, 6) is -2.21. The zero-order valence-corrected chi connectivity index (χ0v) is 19.8. The van der Waals surface area contributed by atoms with Crippen molar-refractivity contribution in [2.24, 2.45) is 11.8 Å². The Morgan fingerprint density at radius 1 is 0.758 bits per heavy atom. The van der Waals surface area contributed by atoms with Gasteiger partial charge >= 0.3 is 11.9 Å². The molecule has 0 amide bonds. The number of carbonyl (C=O) groups is 3. The van der Waals surface area contributed by atoms with E-state index in [0.29, 0.717) is 23.8 Å². The maximum absolute atomic E-state index is 10.7. The molecule has 182 valence electrons. The summed E-state index contributed by atoms with van der Waals surface area (Å²) in [6, 6.07) is 16.2. The largest absolute Gasteiger partial charge is 0.478 e. The molecule has 0 fully saturated rings. The zero-order chi connectivity index (χ0) is 25.4. The lowest BCUT2D eigenvalue weighted by molar-refractivity contribution is -0.131. The van der Waals surface area contributed by atoms with E-state index in [-0.39, 0.29) is 12.2 Å². The molecule has 0 radical (unpaired) electrons. The molecular formula is C26H36O7. The first-order chi connectivity index (χ1) is 15.4. The van der Waals surface area contributed by atoms with Gasteiger partial charge in [0.05, 0.1) is 11.2 Å². The Hall–Kier alpha value is -3.03. The minimum absolute atomic E-state index is 0.0793. The number of carboxylic acids is 2. The molecule has 0 atom stereocenters. The van der Waals surface area contributed by atoms with Gasteiger partial charge in [0, 0.05) is 12.2 Å². The number of ketones is 1. The molecule has 0 bridgehead atoms. The SMILES string of the molecule is CC(C)CC(O)(CCO)CC(C)C.O=C(O)C(=O)c1ccccc1.O=C(O)c1ccccc1. The van der Waals surface area contributed by atoms with Crippen LogP contribution >= 0.6 is 0 Å². The molecule has 0 aliphatic rings. The molecule has 0 aromatic heterocycles. The molecule has 0 unspecified atom stereocenters. The van der Waals surface area contributed by atoms with Gasteiger partial charge in [-0.3, -0.25) is 4.79 Å². The third kappa shape index (κ3) is 13.9. The predicted molar refractivity (Wildman–Crippen MR) is 127 cm³/mol. The zero-order valence-electron chi connectivity index (χ0n) is 19.8. The number of aliphatic hydroxyl groups is 2. The van der Waals surface area contributed by atoms with Crippen molar-refractivity contribution < 1.29 is 34.8 Å². The van der Waals surface area contributed by atoms with Crippen LogP contribution in [-0.2, 0) is 4.79 Å². The van der Waals surface area contributed by atoms with Crippen LogP contribution in [0.4, 0.5) is 0 Å². The number of aliphatic carboxylic acids is 1. The molecule has 7 heteroatoms. The first kappa shape index (κ1) is 30.0. The van der Waals surface area contributed by atoms with Crippen molar-refractivity contribution in [1.82, 2.24) is 0 Å². The fourth-order valence-corrected chi connectivity index (χ4v) is 3.31. The fraction of sp³-hybridized carbons (Fsp3) is 0.423. The number of carbonyl (C=O) groups excluding carboxylic acids is 1. The summed E-state index contributed by atoms with van der Waals surface area (Å²) in [6.45, 7) is 8.48. The normalized spacial score (nSPS) is 10.5. The summed E-state index contributed by atoms with van der Waals surface area (Å²) < 4.78 is 0. The van der Waals surface area contributed by atoms with Crippen molar-refractivity contribution >= 4 is 17.7 Å². The lowest BCUT2D eigenvalue weighted by atomic mass is 9.83. The van der Waals surface area contributed by atoms with E-state index in [2.05, 4.69) is 27.7 Å². The number of hydrogen-bond acceptors (Lipinski definition) is 5. The molecule has 2 aromatic carbocycles. The number of benzene rings is 2. The quantitative estimate of drug-likeness (QED) is 0.319. The molecule has 0 aliphatic carbocycles. The van der Waals surface area contributed by atoms with E-state index in [9.17, 15) is 19.5 Å². The third-order valence-corrected chi connectivity index (χ3v) is 4.40. The summed E-state index contributed by atoms with van der Waals surface area (Å²) in [7, 11) is 0. The molecule has 4 N–H and O–H groups in total. The van der Waals surface area contributed by atoms with Gasteiger partial charge in [-0.05, 0) is 43.2 Å². The summed E-state index contributed by atoms with van der Waals surface area (Å²) in [4.78, 5) is 31.1. The molecule has 0 saturated heterocycles. The Morgan fingerprint density at radius 2 is 1.15 bits per heavy atom. The number of aromatic carboxylic acids is 1. The number of carboxylic acid groups (broad SMARTS) is 2.